The van der Waals surface area contributed by atoms with Crippen molar-refractivity contribution in [2.75, 3.05) is 6.54 Å². The normalized spacial score (nSPS) is 12.4. The first-order valence-corrected chi connectivity index (χ1v) is 6.94. The number of rotatable bonds is 5. The molecule has 1 N–H and O–H groups in total. The molecule has 0 aliphatic heterocycles. The first-order valence-electron chi connectivity index (χ1n) is 6.94. The van der Waals surface area contributed by atoms with Crippen LogP contribution in [0, 0.1) is 11.6 Å². The van der Waals surface area contributed by atoms with Gasteiger partial charge in [-0.05, 0) is 41.8 Å². The van der Waals surface area contributed by atoms with E-state index in [1.54, 1.807) is 6.07 Å². The molecule has 2 aromatic carbocycles. The van der Waals surface area contributed by atoms with E-state index in [2.05, 4.69) is 19.2 Å². The maximum atomic E-state index is 13.2. The summed E-state index contributed by atoms with van der Waals surface area (Å²) >= 11 is 0. The van der Waals surface area contributed by atoms with Crippen molar-refractivity contribution >= 4 is 0 Å². The summed E-state index contributed by atoms with van der Waals surface area (Å²) in [5.74, 6) is -1.63. The third kappa shape index (κ3) is 3.23. The van der Waals surface area contributed by atoms with Crippen molar-refractivity contribution < 1.29 is 8.78 Å². The van der Waals surface area contributed by atoms with Crippen LogP contribution in [0.1, 0.15) is 31.9 Å². The number of hydrogen-bond donors (Lipinski definition) is 1. The fraction of sp³-hybridized carbons (Fsp3) is 0.294. The van der Waals surface area contributed by atoms with Gasteiger partial charge >= 0.3 is 0 Å². The molecular formula is C17H19F2N. The van der Waals surface area contributed by atoms with Crippen molar-refractivity contribution in [3.8, 4) is 11.1 Å². The van der Waals surface area contributed by atoms with Gasteiger partial charge in [0, 0.05) is 6.04 Å². The highest BCUT2D eigenvalue weighted by molar-refractivity contribution is 5.63. The quantitative estimate of drug-likeness (QED) is 0.834. The molecule has 1 nitrogen and oxygen atoms in total. The van der Waals surface area contributed by atoms with Crippen molar-refractivity contribution in [3.05, 3.63) is 59.7 Å². The van der Waals surface area contributed by atoms with E-state index in [1.165, 1.54) is 11.6 Å². The minimum absolute atomic E-state index is 0.332. The number of nitrogens with one attached hydrogen (secondary N) is 1. The van der Waals surface area contributed by atoms with E-state index in [0.29, 0.717) is 11.6 Å². The first kappa shape index (κ1) is 14.7. The van der Waals surface area contributed by atoms with Gasteiger partial charge in [-0.2, -0.15) is 0 Å². The van der Waals surface area contributed by atoms with Crippen LogP contribution in [0.4, 0.5) is 8.78 Å². The van der Waals surface area contributed by atoms with Crippen LogP contribution < -0.4 is 5.32 Å². The van der Waals surface area contributed by atoms with Gasteiger partial charge in [0.2, 0.25) is 0 Å². The van der Waals surface area contributed by atoms with Crippen molar-refractivity contribution in [3.63, 3.8) is 0 Å². The molecule has 0 radical (unpaired) electrons. The molecule has 2 aromatic rings. The first-order chi connectivity index (χ1) is 9.65. The third-order valence-corrected chi connectivity index (χ3v) is 3.42. The van der Waals surface area contributed by atoms with Crippen LogP contribution in [0.15, 0.2) is 42.5 Å². The lowest BCUT2D eigenvalue weighted by atomic mass is 9.99. The third-order valence-electron chi connectivity index (χ3n) is 3.42. The predicted octanol–water partition coefficient (Wildman–Crippen LogP) is 4.69. The summed E-state index contributed by atoms with van der Waals surface area (Å²) < 4.78 is 26.2. The smallest absolute Gasteiger partial charge is 0.159 e. The lowest BCUT2D eigenvalue weighted by Gasteiger charge is -2.16. The largest absolute Gasteiger partial charge is 0.310 e. The minimum Gasteiger partial charge on any atom is -0.310 e. The van der Waals surface area contributed by atoms with Gasteiger partial charge in [0.05, 0.1) is 0 Å². The average Bonchev–Trinajstić information content (AvgIpc) is 2.48. The van der Waals surface area contributed by atoms with Gasteiger partial charge in [0.15, 0.2) is 11.6 Å². The van der Waals surface area contributed by atoms with E-state index >= 15 is 0 Å². The summed E-state index contributed by atoms with van der Waals surface area (Å²) in [5, 5.41) is 3.41. The summed E-state index contributed by atoms with van der Waals surface area (Å²) in [7, 11) is 0. The molecule has 0 amide bonds. The predicted molar refractivity (Wildman–Crippen MR) is 78.5 cm³/mol. The summed E-state index contributed by atoms with van der Waals surface area (Å²) in [5.41, 5.74) is 2.78. The van der Waals surface area contributed by atoms with Gasteiger partial charge in [-0.25, -0.2) is 8.78 Å². The zero-order valence-corrected chi connectivity index (χ0v) is 11.8. The van der Waals surface area contributed by atoms with E-state index in [0.717, 1.165) is 24.6 Å². The molecule has 0 saturated heterocycles. The average molecular weight is 275 g/mol. The molecule has 2 rings (SSSR count). The molecule has 0 bridgehead atoms. The molecule has 3 heteroatoms. The molecular weight excluding hydrogens is 256 g/mol. The van der Waals surface area contributed by atoms with Crippen LogP contribution in [0.5, 0.6) is 0 Å². The van der Waals surface area contributed by atoms with Crippen molar-refractivity contribution in [1.29, 1.82) is 0 Å². The molecule has 1 unspecified atom stereocenters. The highest BCUT2D eigenvalue weighted by Gasteiger charge is 2.08. The van der Waals surface area contributed by atoms with Gasteiger partial charge in [-0.1, -0.05) is 44.2 Å². The van der Waals surface area contributed by atoms with Gasteiger partial charge in [-0.15, -0.1) is 0 Å². The Bertz CT molecular complexity index is 564. The fourth-order valence-corrected chi connectivity index (χ4v) is 2.33. The Hall–Kier alpha value is -1.74. The molecule has 1 atom stereocenters. The zero-order chi connectivity index (χ0) is 14.5. The molecule has 0 aromatic heterocycles. The highest BCUT2D eigenvalue weighted by Crippen LogP contribution is 2.24. The molecule has 20 heavy (non-hydrogen) atoms. The Kier molecular flexibility index (Phi) is 4.85. The Labute approximate surface area is 118 Å². The Morgan fingerprint density at radius 1 is 0.900 bits per heavy atom. The van der Waals surface area contributed by atoms with Crippen LogP contribution in [-0.4, -0.2) is 6.54 Å². The van der Waals surface area contributed by atoms with E-state index in [-0.39, 0.29) is 0 Å². The van der Waals surface area contributed by atoms with Gasteiger partial charge in [-0.3, -0.25) is 0 Å². The highest BCUT2D eigenvalue weighted by atomic mass is 19.2. The van der Waals surface area contributed by atoms with E-state index in [4.69, 9.17) is 0 Å². The lowest BCUT2D eigenvalue weighted by molar-refractivity contribution is 0.509. The number of benzene rings is 2. The van der Waals surface area contributed by atoms with Crippen molar-refractivity contribution in [2.24, 2.45) is 0 Å². The Balaban J connectivity index is 2.25. The van der Waals surface area contributed by atoms with Crippen LogP contribution in [0.25, 0.3) is 11.1 Å². The molecule has 0 heterocycles. The van der Waals surface area contributed by atoms with Crippen molar-refractivity contribution in [2.45, 2.75) is 26.3 Å². The molecule has 0 aliphatic carbocycles. The van der Waals surface area contributed by atoms with E-state index < -0.39 is 11.6 Å². The Morgan fingerprint density at radius 3 is 2.10 bits per heavy atom. The minimum atomic E-state index is -0.816. The van der Waals surface area contributed by atoms with Crippen LogP contribution in [0.3, 0.4) is 0 Å². The van der Waals surface area contributed by atoms with E-state index in [9.17, 15) is 8.78 Å². The molecule has 0 aliphatic rings. The number of hydrogen-bond acceptors (Lipinski definition) is 1. The molecule has 0 fully saturated rings. The second-order valence-corrected chi connectivity index (χ2v) is 4.77. The van der Waals surface area contributed by atoms with Crippen LogP contribution in [-0.2, 0) is 0 Å². The molecule has 106 valence electrons. The van der Waals surface area contributed by atoms with Crippen LogP contribution in [0.2, 0.25) is 0 Å². The SMILES string of the molecule is CCNC(CC)c1ccc(-c2ccc(F)c(F)c2)cc1. The Morgan fingerprint density at radius 2 is 1.55 bits per heavy atom. The van der Waals surface area contributed by atoms with Gasteiger partial charge in [0.25, 0.3) is 0 Å². The van der Waals surface area contributed by atoms with E-state index in [1.807, 2.05) is 24.3 Å². The monoisotopic (exact) mass is 275 g/mol. The standard InChI is InChI=1S/C17H19F2N/c1-3-17(20-4-2)13-7-5-12(6-8-13)14-9-10-15(18)16(19)11-14/h5-11,17,20H,3-4H2,1-2H3. The summed E-state index contributed by atoms with van der Waals surface area (Å²) in [4.78, 5) is 0. The maximum Gasteiger partial charge on any atom is 0.159 e. The van der Waals surface area contributed by atoms with Gasteiger partial charge < -0.3 is 5.32 Å². The fourth-order valence-electron chi connectivity index (χ4n) is 2.33. The zero-order valence-electron chi connectivity index (χ0n) is 11.8. The molecule has 0 saturated carbocycles. The van der Waals surface area contributed by atoms with Crippen molar-refractivity contribution in [1.82, 2.24) is 5.32 Å². The second-order valence-electron chi connectivity index (χ2n) is 4.77. The van der Waals surface area contributed by atoms with Crippen LogP contribution >= 0.6 is 0 Å². The van der Waals surface area contributed by atoms with Gasteiger partial charge in [0.1, 0.15) is 0 Å². The summed E-state index contributed by atoms with van der Waals surface area (Å²) in [6.07, 6.45) is 1.01. The topological polar surface area (TPSA) is 12.0 Å². The maximum absolute atomic E-state index is 13.2. The lowest BCUT2D eigenvalue weighted by Crippen LogP contribution is -2.19. The summed E-state index contributed by atoms with van der Waals surface area (Å²) in [6.45, 7) is 5.14. The second kappa shape index (κ2) is 6.62. The molecule has 0 spiro atoms. The summed E-state index contributed by atoms with van der Waals surface area (Å²) in [6, 6.07) is 12.3. The number of halogens is 2.